The lowest BCUT2D eigenvalue weighted by molar-refractivity contribution is -0.125. The highest BCUT2D eigenvalue weighted by atomic mass is 35.5. The molecule has 1 N–H and O–H groups in total. The molecule has 1 aromatic heterocycles. The number of allylic oxidation sites excluding steroid dienone is 3. The van der Waals surface area contributed by atoms with Crippen LogP contribution in [0, 0.1) is 5.92 Å². The number of amides is 2. The molecule has 2 amide bonds. The van der Waals surface area contributed by atoms with Crippen LogP contribution in [0.1, 0.15) is 31.9 Å². The molecule has 8 heteroatoms. The fraction of sp³-hybridized carbons (Fsp3) is 0.474. The van der Waals surface area contributed by atoms with Crippen LogP contribution in [0.15, 0.2) is 36.2 Å². The SMILES string of the molecule is CC1C=CC=C(COC(=O)N2CCC[C@H]2C(=O)NCc2nccnc2Cl)C1. The molecule has 7 nitrogen and oxygen atoms in total. The van der Waals surface area contributed by atoms with E-state index < -0.39 is 12.1 Å². The van der Waals surface area contributed by atoms with Crippen LogP contribution in [0.4, 0.5) is 4.79 Å². The molecule has 1 fully saturated rings. The number of likely N-dealkylation sites (tertiary alicyclic amines) is 1. The summed E-state index contributed by atoms with van der Waals surface area (Å²) in [5.41, 5.74) is 1.57. The number of nitrogens with one attached hydrogen (secondary N) is 1. The quantitative estimate of drug-likeness (QED) is 0.835. The number of aromatic nitrogens is 2. The van der Waals surface area contributed by atoms with Gasteiger partial charge in [-0.1, -0.05) is 36.8 Å². The van der Waals surface area contributed by atoms with E-state index in [2.05, 4.69) is 28.3 Å². The van der Waals surface area contributed by atoms with Gasteiger partial charge in [-0.15, -0.1) is 0 Å². The molecule has 0 spiro atoms. The summed E-state index contributed by atoms with van der Waals surface area (Å²) in [5.74, 6) is 0.210. The van der Waals surface area contributed by atoms with Gasteiger partial charge in [0.05, 0.1) is 12.2 Å². The van der Waals surface area contributed by atoms with E-state index in [0.29, 0.717) is 24.6 Å². The van der Waals surface area contributed by atoms with Crippen LogP contribution < -0.4 is 5.32 Å². The average Bonchev–Trinajstić information content (AvgIpc) is 3.15. The second-order valence-electron chi connectivity index (χ2n) is 6.81. The van der Waals surface area contributed by atoms with Gasteiger partial charge in [-0.2, -0.15) is 0 Å². The minimum atomic E-state index is -0.535. The number of carbonyl (C=O) groups excluding carboxylic acids is 2. The number of nitrogens with zero attached hydrogens (tertiary/aromatic N) is 3. The first-order valence-electron chi connectivity index (χ1n) is 9.07. The van der Waals surface area contributed by atoms with Crippen molar-refractivity contribution in [3.8, 4) is 0 Å². The van der Waals surface area contributed by atoms with Gasteiger partial charge in [0.2, 0.25) is 5.91 Å². The molecule has 1 aliphatic heterocycles. The van der Waals surface area contributed by atoms with Crippen molar-refractivity contribution in [2.24, 2.45) is 5.92 Å². The van der Waals surface area contributed by atoms with Crippen molar-refractivity contribution in [1.29, 1.82) is 0 Å². The number of halogens is 1. The Morgan fingerprint density at radius 1 is 1.37 bits per heavy atom. The summed E-state index contributed by atoms with van der Waals surface area (Å²) in [7, 11) is 0. The number of carbonyl (C=O) groups is 2. The van der Waals surface area contributed by atoms with E-state index in [1.807, 2.05) is 12.2 Å². The Bertz CT molecular complexity index is 765. The zero-order valence-electron chi connectivity index (χ0n) is 15.2. The molecule has 1 saturated heterocycles. The van der Waals surface area contributed by atoms with Crippen LogP contribution in [0.3, 0.4) is 0 Å². The summed E-state index contributed by atoms with van der Waals surface area (Å²) in [5, 5.41) is 3.04. The van der Waals surface area contributed by atoms with Gasteiger partial charge in [0.15, 0.2) is 5.15 Å². The summed E-state index contributed by atoms with van der Waals surface area (Å²) in [6, 6.07) is -0.535. The van der Waals surface area contributed by atoms with E-state index in [0.717, 1.165) is 18.4 Å². The average molecular weight is 391 g/mol. The topological polar surface area (TPSA) is 84.4 Å². The molecule has 0 saturated carbocycles. The second kappa shape index (κ2) is 8.99. The van der Waals surface area contributed by atoms with Crippen molar-refractivity contribution in [2.75, 3.05) is 13.2 Å². The van der Waals surface area contributed by atoms with Crippen molar-refractivity contribution in [3.63, 3.8) is 0 Å². The Kier molecular flexibility index (Phi) is 6.45. The zero-order chi connectivity index (χ0) is 19.2. The number of hydrogen-bond acceptors (Lipinski definition) is 5. The molecule has 2 atom stereocenters. The molecule has 0 aromatic carbocycles. The Balaban J connectivity index is 1.52. The third-order valence-corrected chi connectivity index (χ3v) is 5.00. The Labute approximate surface area is 163 Å². The Morgan fingerprint density at radius 2 is 2.19 bits per heavy atom. The highest BCUT2D eigenvalue weighted by Crippen LogP contribution is 2.21. The molecule has 27 heavy (non-hydrogen) atoms. The smallest absolute Gasteiger partial charge is 0.410 e. The molecule has 1 aromatic rings. The minimum absolute atomic E-state index is 0.169. The lowest BCUT2D eigenvalue weighted by Crippen LogP contribution is -2.46. The first kappa shape index (κ1) is 19.4. The predicted molar refractivity (Wildman–Crippen MR) is 101 cm³/mol. The molecule has 3 rings (SSSR count). The fourth-order valence-electron chi connectivity index (χ4n) is 3.29. The van der Waals surface area contributed by atoms with E-state index in [4.69, 9.17) is 16.3 Å². The summed E-state index contributed by atoms with van der Waals surface area (Å²) < 4.78 is 5.44. The molecule has 2 heterocycles. The van der Waals surface area contributed by atoms with Gasteiger partial charge in [-0.05, 0) is 30.8 Å². The molecule has 0 radical (unpaired) electrons. The molecular weight excluding hydrogens is 368 g/mol. The molecular formula is C19H23ClN4O3. The van der Waals surface area contributed by atoms with E-state index in [-0.39, 0.29) is 24.2 Å². The van der Waals surface area contributed by atoms with Gasteiger partial charge < -0.3 is 10.1 Å². The van der Waals surface area contributed by atoms with Crippen molar-refractivity contribution >= 4 is 23.6 Å². The molecule has 1 aliphatic carbocycles. The van der Waals surface area contributed by atoms with Gasteiger partial charge >= 0.3 is 6.09 Å². The van der Waals surface area contributed by atoms with Gasteiger partial charge in [-0.3, -0.25) is 14.7 Å². The third kappa shape index (κ3) is 5.07. The summed E-state index contributed by atoms with van der Waals surface area (Å²) >= 11 is 5.95. The number of rotatable bonds is 5. The van der Waals surface area contributed by atoms with Crippen molar-refractivity contribution in [3.05, 3.63) is 47.0 Å². The Morgan fingerprint density at radius 3 is 2.96 bits per heavy atom. The number of ether oxygens (including phenoxy) is 1. The maximum absolute atomic E-state index is 12.5. The minimum Gasteiger partial charge on any atom is -0.445 e. The molecule has 1 unspecified atom stereocenters. The van der Waals surface area contributed by atoms with E-state index in [1.165, 1.54) is 17.3 Å². The summed E-state index contributed by atoms with van der Waals surface area (Å²) in [6.07, 6.45) is 10.9. The van der Waals surface area contributed by atoms with Crippen LogP contribution in [0.5, 0.6) is 0 Å². The summed E-state index contributed by atoms with van der Waals surface area (Å²) in [6.45, 7) is 3.06. The zero-order valence-corrected chi connectivity index (χ0v) is 16.0. The maximum atomic E-state index is 12.5. The molecule has 2 aliphatic rings. The maximum Gasteiger partial charge on any atom is 0.410 e. The third-order valence-electron chi connectivity index (χ3n) is 4.68. The van der Waals surface area contributed by atoms with Gasteiger partial charge in [0, 0.05) is 18.9 Å². The fourth-order valence-corrected chi connectivity index (χ4v) is 3.46. The van der Waals surface area contributed by atoms with Gasteiger partial charge in [0.25, 0.3) is 0 Å². The standard InChI is InChI=1S/C19H23ClN4O3/c1-13-4-2-5-14(10-13)12-27-19(26)24-9-3-6-16(24)18(25)23-11-15-17(20)22-8-7-21-15/h2,4-5,7-8,13,16H,3,6,9-12H2,1H3,(H,23,25)/t13?,16-/m0/s1. The predicted octanol–water partition coefficient (Wildman–Crippen LogP) is 2.87. The van der Waals surface area contributed by atoms with Crippen molar-refractivity contribution in [2.45, 2.75) is 38.8 Å². The molecule has 144 valence electrons. The number of hydrogen-bond donors (Lipinski definition) is 1. The Hall–Kier alpha value is -2.41. The second-order valence-corrected chi connectivity index (χ2v) is 7.17. The van der Waals surface area contributed by atoms with Crippen LogP contribution in [-0.4, -0.2) is 46.1 Å². The largest absolute Gasteiger partial charge is 0.445 e. The van der Waals surface area contributed by atoms with Crippen LogP contribution in [0.25, 0.3) is 0 Å². The first-order valence-corrected chi connectivity index (χ1v) is 9.45. The van der Waals surface area contributed by atoms with E-state index >= 15 is 0 Å². The highest BCUT2D eigenvalue weighted by molar-refractivity contribution is 6.29. The normalized spacial score (nSPS) is 21.7. The molecule has 0 bridgehead atoms. The first-order chi connectivity index (χ1) is 13.0. The van der Waals surface area contributed by atoms with Crippen LogP contribution in [0.2, 0.25) is 5.15 Å². The van der Waals surface area contributed by atoms with Gasteiger partial charge in [-0.25, -0.2) is 9.78 Å². The van der Waals surface area contributed by atoms with Gasteiger partial charge in [0.1, 0.15) is 12.6 Å². The van der Waals surface area contributed by atoms with Crippen molar-refractivity contribution < 1.29 is 14.3 Å². The highest BCUT2D eigenvalue weighted by Gasteiger charge is 2.35. The summed E-state index contributed by atoms with van der Waals surface area (Å²) in [4.78, 5) is 34.5. The van der Waals surface area contributed by atoms with E-state index in [1.54, 1.807) is 0 Å². The van der Waals surface area contributed by atoms with Crippen LogP contribution in [-0.2, 0) is 16.1 Å². The monoisotopic (exact) mass is 390 g/mol. The van der Waals surface area contributed by atoms with Crippen LogP contribution >= 0.6 is 11.6 Å². The van der Waals surface area contributed by atoms with E-state index in [9.17, 15) is 9.59 Å². The lowest BCUT2D eigenvalue weighted by atomic mass is 9.97. The van der Waals surface area contributed by atoms with Crippen molar-refractivity contribution in [1.82, 2.24) is 20.2 Å². The lowest BCUT2D eigenvalue weighted by Gasteiger charge is -2.24.